The van der Waals surface area contributed by atoms with Gasteiger partial charge in [-0.05, 0) is 48.7 Å². The highest BCUT2D eigenvalue weighted by molar-refractivity contribution is 7.91. The Bertz CT molecular complexity index is 1300. The standard InChI is InChI=1S/C22H17F3N2O3S2/c23-22(24,25)15-5-1-3-14(11-15)4-2-10-32(29,30)16-6-7-19-17(12-16)18(21(28)27-19)13-20-26-8-9-31-20/h1,3,5-9,11-13H,2,4,10H2,(H,27,28)/b18-13+. The first kappa shape index (κ1) is 22.2. The van der Waals surface area contributed by atoms with E-state index in [9.17, 15) is 26.4 Å². The first-order valence-electron chi connectivity index (χ1n) is 9.59. The summed E-state index contributed by atoms with van der Waals surface area (Å²) in [5, 5.41) is 5.10. The second-order valence-corrected chi connectivity index (χ2v) is 10.2. The van der Waals surface area contributed by atoms with Gasteiger partial charge in [0, 0.05) is 22.8 Å². The summed E-state index contributed by atoms with van der Waals surface area (Å²) in [5.41, 5.74) is 0.987. The van der Waals surface area contributed by atoms with E-state index in [4.69, 9.17) is 0 Å². The van der Waals surface area contributed by atoms with Crippen molar-refractivity contribution in [3.63, 3.8) is 0 Å². The van der Waals surface area contributed by atoms with Gasteiger partial charge in [0.05, 0.1) is 21.8 Å². The molecule has 0 aliphatic carbocycles. The third-order valence-electron chi connectivity index (χ3n) is 4.99. The first-order valence-corrected chi connectivity index (χ1v) is 12.1. The maximum atomic E-state index is 12.9. The number of rotatable bonds is 6. The van der Waals surface area contributed by atoms with Gasteiger partial charge in [0.2, 0.25) is 0 Å². The zero-order valence-electron chi connectivity index (χ0n) is 16.5. The third-order valence-corrected chi connectivity index (χ3v) is 7.51. The van der Waals surface area contributed by atoms with E-state index >= 15 is 0 Å². The Kier molecular flexibility index (Phi) is 5.91. The summed E-state index contributed by atoms with van der Waals surface area (Å²) in [6.45, 7) is 0. The van der Waals surface area contributed by atoms with Gasteiger partial charge in [-0.25, -0.2) is 13.4 Å². The lowest BCUT2D eigenvalue weighted by Crippen LogP contribution is -2.09. The molecule has 1 amide bonds. The number of hydrogen-bond acceptors (Lipinski definition) is 5. The van der Waals surface area contributed by atoms with Gasteiger partial charge >= 0.3 is 6.18 Å². The number of hydrogen-bond donors (Lipinski definition) is 1. The van der Waals surface area contributed by atoms with Gasteiger partial charge in [0.25, 0.3) is 5.91 Å². The number of carbonyl (C=O) groups excluding carboxylic acids is 1. The molecule has 166 valence electrons. The van der Waals surface area contributed by atoms with Crippen LogP contribution in [0.2, 0.25) is 0 Å². The van der Waals surface area contributed by atoms with Crippen LogP contribution in [0.3, 0.4) is 0 Å². The SMILES string of the molecule is O=C1Nc2ccc(S(=O)(=O)CCCc3cccc(C(F)(F)F)c3)cc2/C1=C\c1nccs1. The second kappa shape index (κ2) is 8.51. The third kappa shape index (κ3) is 4.76. The van der Waals surface area contributed by atoms with Crippen LogP contribution in [0.5, 0.6) is 0 Å². The second-order valence-electron chi connectivity index (χ2n) is 7.21. The molecular weight excluding hydrogens is 461 g/mol. The molecule has 0 spiro atoms. The first-order chi connectivity index (χ1) is 15.1. The van der Waals surface area contributed by atoms with E-state index in [1.807, 2.05) is 0 Å². The molecule has 1 aliphatic heterocycles. The Balaban J connectivity index is 1.51. The summed E-state index contributed by atoms with van der Waals surface area (Å²) >= 11 is 1.35. The molecule has 32 heavy (non-hydrogen) atoms. The average Bonchev–Trinajstić information content (AvgIpc) is 3.35. The molecule has 0 saturated carbocycles. The Morgan fingerprint density at radius 1 is 1.12 bits per heavy atom. The molecule has 1 aromatic heterocycles. The summed E-state index contributed by atoms with van der Waals surface area (Å²) in [6.07, 6.45) is -0.864. The molecule has 0 radical (unpaired) electrons. The molecule has 3 aromatic rings. The van der Waals surface area contributed by atoms with Crippen LogP contribution in [0.15, 0.2) is 58.9 Å². The minimum atomic E-state index is -4.44. The number of fused-ring (bicyclic) bond motifs is 1. The summed E-state index contributed by atoms with van der Waals surface area (Å²) in [6, 6.07) is 9.29. The molecule has 0 saturated heterocycles. The maximum Gasteiger partial charge on any atom is 0.416 e. The van der Waals surface area contributed by atoms with Gasteiger partial charge in [-0.3, -0.25) is 4.79 Å². The van der Waals surface area contributed by atoms with Crippen LogP contribution in [-0.4, -0.2) is 25.1 Å². The molecule has 5 nitrogen and oxygen atoms in total. The minimum Gasteiger partial charge on any atom is -0.321 e. The lowest BCUT2D eigenvalue weighted by Gasteiger charge is -2.09. The lowest BCUT2D eigenvalue weighted by molar-refractivity contribution is -0.137. The van der Waals surface area contributed by atoms with E-state index < -0.39 is 21.6 Å². The van der Waals surface area contributed by atoms with Crippen LogP contribution < -0.4 is 5.32 Å². The number of aryl methyl sites for hydroxylation is 1. The van der Waals surface area contributed by atoms with Gasteiger partial charge in [-0.2, -0.15) is 13.2 Å². The Hall–Kier alpha value is -2.98. The van der Waals surface area contributed by atoms with Gasteiger partial charge in [0.1, 0.15) is 5.01 Å². The highest BCUT2D eigenvalue weighted by Gasteiger charge is 2.30. The highest BCUT2D eigenvalue weighted by atomic mass is 32.2. The zero-order chi connectivity index (χ0) is 22.9. The summed E-state index contributed by atoms with van der Waals surface area (Å²) < 4.78 is 64.2. The number of amides is 1. The van der Waals surface area contributed by atoms with Crippen molar-refractivity contribution >= 4 is 44.4 Å². The predicted molar refractivity (Wildman–Crippen MR) is 117 cm³/mol. The molecule has 2 aromatic carbocycles. The molecule has 10 heteroatoms. The fourth-order valence-corrected chi connectivity index (χ4v) is 5.32. The van der Waals surface area contributed by atoms with E-state index in [0.29, 0.717) is 27.4 Å². The van der Waals surface area contributed by atoms with Gasteiger partial charge < -0.3 is 5.32 Å². The lowest BCUT2D eigenvalue weighted by atomic mass is 10.1. The van der Waals surface area contributed by atoms with Gasteiger partial charge in [-0.1, -0.05) is 18.2 Å². The van der Waals surface area contributed by atoms with Crippen LogP contribution >= 0.6 is 11.3 Å². The number of aromatic nitrogens is 1. The van der Waals surface area contributed by atoms with Crippen LogP contribution in [-0.2, 0) is 27.2 Å². The van der Waals surface area contributed by atoms with Crippen molar-refractivity contribution in [2.24, 2.45) is 0 Å². The highest BCUT2D eigenvalue weighted by Crippen LogP contribution is 2.35. The number of benzene rings is 2. The Morgan fingerprint density at radius 3 is 2.66 bits per heavy atom. The molecule has 0 fully saturated rings. The van der Waals surface area contributed by atoms with E-state index in [-0.39, 0.29) is 29.4 Å². The summed E-state index contributed by atoms with van der Waals surface area (Å²) in [5.74, 6) is -0.566. The molecule has 4 rings (SSSR count). The van der Waals surface area contributed by atoms with Crippen molar-refractivity contribution < 1.29 is 26.4 Å². The number of sulfone groups is 1. The summed E-state index contributed by atoms with van der Waals surface area (Å²) in [7, 11) is -3.69. The van der Waals surface area contributed by atoms with Gasteiger partial charge in [-0.15, -0.1) is 11.3 Å². The normalized spacial score (nSPS) is 15.1. The maximum absolute atomic E-state index is 12.9. The zero-order valence-corrected chi connectivity index (χ0v) is 18.2. The minimum absolute atomic E-state index is 0.0573. The van der Waals surface area contributed by atoms with E-state index in [0.717, 1.165) is 12.1 Å². The van der Waals surface area contributed by atoms with Crippen LogP contribution in [0.1, 0.15) is 28.1 Å². The topological polar surface area (TPSA) is 76.1 Å². The van der Waals surface area contributed by atoms with Crippen molar-refractivity contribution in [3.05, 3.63) is 75.7 Å². The quantitative estimate of drug-likeness (QED) is 0.503. The monoisotopic (exact) mass is 478 g/mol. The molecule has 0 unspecified atom stereocenters. The van der Waals surface area contributed by atoms with E-state index in [1.54, 1.807) is 23.7 Å². The van der Waals surface area contributed by atoms with E-state index in [2.05, 4.69) is 10.3 Å². The fourth-order valence-electron chi connectivity index (χ4n) is 3.42. The molecular formula is C22H17F3N2O3S2. The number of nitrogens with one attached hydrogen (secondary N) is 1. The molecule has 2 heterocycles. The van der Waals surface area contributed by atoms with Crippen LogP contribution in [0.25, 0.3) is 11.6 Å². The Morgan fingerprint density at radius 2 is 1.94 bits per heavy atom. The number of anilines is 1. The summed E-state index contributed by atoms with van der Waals surface area (Å²) in [4.78, 5) is 16.5. The average molecular weight is 479 g/mol. The van der Waals surface area contributed by atoms with Crippen molar-refractivity contribution in [3.8, 4) is 0 Å². The Labute approximate surface area is 186 Å². The molecule has 0 atom stereocenters. The number of thiazole rings is 1. The number of halogens is 3. The van der Waals surface area contributed by atoms with Crippen molar-refractivity contribution in [2.45, 2.75) is 23.9 Å². The number of alkyl halides is 3. The van der Waals surface area contributed by atoms with Crippen molar-refractivity contribution in [2.75, 3.05) is 11.1 Å². The smallest absolute Gasteiger partial charge is 0.321 e. The van der Waals surface area contributed by atoms with Crippen molar-refractivity contribution in [1.82, 2.24) is 4.98 Å². The number of nitrogens with zero attached hydrogens (tertiary/aromatic N) is 1. The molecule has 0 bridgehead atoms. The molecule has 1 aliphatic rings. The largest absolute Gasteiger partial charge is 0.416 e. The van der Waals surface area contributed by atoms with E-state index in [1.165, 1.54) is 35.6 Å². The fraction of sp³-hybridized carbons (Fsp3) is 0.182. The van der Waals surface area contributed by atoms with Gasteiger partial charge in [0.15, 0.2) is 9.84 Å². The van der Waals surface area contributed by atoms with Crippen molar-refractivity contribution in [1.29, 1.82) is 0 Å². The van der Waals surface area contributed by atoms with Crippen LogP contribution in [0.4, 0.5) is 18.9 Å². The molecule has 1 N–H and O–H groups in total. The predicted octanol–water partition coefficient (Wildman–Crippen LogP) is 5.06. The number of carbonyl (C=O) groups is 1. The van der Waals surface area contributed by atoms with Crippen LogP contribution in [0, 0.1) is 0 Å².